The van der Waals surface area contributed by atoms with E-state index >= 15 is 0 Å². The van der Waals surface area contributed by atoms with E-state index in [9.17, 15) is 5.11 Å². The fraction of sp³-hybridized carbons (Fsp3) is 0.800. The Labute approximate surface area is 49.0 Å². The van der Waals surface area contributed by atoms with Gasteiger partial charge in [0.15, 0.2) is 0 Å². The van der Waals surface area contributed by atoms with Gasteiger partial charge in [0.1, 0.15) is 0 Å². The normalized spacial score (nSPS) is 13.2. The second-order valence-corrected chi connectivity index (χ2v) is 2.00. The molecule has 0 heterocycles. The van der Waals surface area contributed by atoms with E-state index in [1.807, 2.05) is 0 Å². The van der Waals surface area contributed by atoms with E-state index in [4.69, 9.17) is 11.1 Å². The lowest BCUT2D eigenvalue weighted by atomic mass is 10.1. The summed E-state index contributed by atoms with van der Waals surface area (Å²) in [7, 11) is 0. The lowest BCUT2D eigenvalue weighted by molar-refractivity contribution is 0.153. The lowest BCUT2D eigenvalue weighted by Gasteiger charge is -2.01. The van der Waals surface area contributed by atoms with Gasteiger partial charge in [0, 0.05) is 6.42 Å². The second-order valence-electron chi connectivity index (χ2n) is 2.00. The summed E-state index contributed by atoms with van der Waals surface area (Å²) in [4.78, 5) is 0. The van der Waals surface area contributed by atoms with Crippen LogP contribution in [-0.4, -0.2) is 12.4 Å². The minimum Gasteiger partial charge on any atom is -0.388 e. The number of hydrogen-bond donors (Lipinski definition) is 2. The molecule has 1 radical (unpaired) electrons. The fourth-order valence-electron chi connectivity index (χ4n) is 0.434. The molecule has 47 valence electrons. The number of rotatable bonds is 3. The molecule has 0 fully saturated rings. The molecular weight excluding hydrogens is 104 g/mol. The standard InChI is InChI=1S/C5H11N2O/c1-4(3-8)2-5(6)7/h4H,2-3H2,1H3,(H3,6,7). The van der Waals surface area contributed by atoms with E-state index in [2.05, 4.69) is 0 Å². The van der Waals surface area contributed by atoms with E-state index in [1.54, 1.807) is 6.92 Å². The molecule has 0 amide bonds. The smallest absolute Gasteiger partial charge is 0.0908 e. The van der Waals surface area contributed by atoms with Crippen LogP contribution in [0.25, 0.3) is 0 Å². The van der Waals surface area contributed by atoms with Crippen molar-refractivity contribution in [3.63, 3.8) is 0 Å². The summed E-state index contributed by atoms with van der Waals surface area (Å²) in [6.45, 7) is 1.65. The van der Waals surface area contributed by atoms with Gasteiger partial charge in [-0.2, -0.15) is 0 Å². The third-order valence-corrected chi connectivity index (χ3v) is 0.853. The summed E-state index contributed by atoms with van der Waals surface area (Å²) >= 11 is 0. The molecular formula is C5H11N2O. The molecule has 1 unspecified atom stereocenters. The molecule has 3 nitrogen and oxygen atoms in total. The van der Waals surface area contributed by atoms with Crippen LogP contribution in [-0.2, 0) is 5.11 Å². The zero-order chi connectivity index (χ0) is 6.57. The van der Waals surface area contributed by atoms with E-state index in [0.29, 0.717) is 6.42 Å². The van der Waals surface area contributed by atoms with Crippen molar-refractivity contribution in [2.45, 2.75) is 13.3 Å². The van der Waals surface area contributed by atoms with Crippen LogP contribution in [0, 0.1) is 11.3 Å². The van der Waals surface area contributed by atoms with Gasteiger partial charge in [-0.05, 0) is 5.92 Å². The van der Waals surface area contributed by atoms with Crippen molar-refractivity contribution in [2.75, 3.05) is 6.61 Å². The average molecular weight is 115 g/mol. The molecule has 0 aliphatic rings. The molecule has 3 heteroatoms. The van der Waals surface area contributed by atoms with Gasteiger partial charge in [-0.25, -0.2) is 5.11 Å². The molecule has 0 aliphatic heterocycles. The van der Waals surface area contributed by atoms with Gasteiger partial charge < -0.3 is 5.73 Å². The van der Waals surface area contributed by atoms with Crippen LogP contribution in [0.1, 0.15) is 13.3 Å². The highest BCUT2D eigenvalue weighted by atomic mass is 16.3. The first-order valence-electron chi connectivity index (χ1n) is 2.57. The highest BCUT2D eigenvalue weighted by Crippen LogP contribution is 1.97. The summed E-state index contributed by atoms with van der Waals surface area (Å²) in [6.07, 6.45) is 0.434. The van der Waals surface area contributed by atoms with Crippen molar-refractivity contribution in [2.24, 2.45) is 11.7 Å². The summed E-state index contributed by atoms with van der Waals surface area (Å²) in [5.41, 5.74) is 5.01. The highest BCUT2D eigenvalue weighted by Gasteiger charge is 2.00. The van der Waals surface area contributed by atoms with E-state index in [-0.39, 0.29) is 18.4 Å². The van der Waals surface area contributed by atoms with Gasteiger partial charge in [0.05, 0.1) is 12.4 Å². The van der Waals surface area contributed by atoms with Crippen molar-refractivity contribution < 1.29 is 5.11 Å². The predicted octanol–water partition coefficient (Wildman–Crippen LogP) is 0.379. The molecule has 3 N–H and O–H groups in total. The first-order chi connectivity index (χ1) is 3.66. The van der Waals surface area contributed by atoms with Crippen LogP contribution < -0.4 is 5.73 Å². The first kappa shape index (κ1) is 7.43. The van der Waals surface area contributed by atoms with Crippen LogP contribution in [0.2, 0.25) is 0 Å². The Morgan fingerprint density at radius 3 is 2.50 bits per heavy atom. The summed E-state index contributed by atoms with van der Waals surface area (Å²) < 4.78 is 0. The molecule has 8 heavy (non-hydrogen) atoms. The van der Waals surface area contributed by atoms with Gasteiger partial charge in [0.2, 0.25) is 0 Å². The van der Waals surface area contributed by atoms with Crippen LogP contribution in [0.5, 0.6) is 0 Å². The summed E-state index contributed by atoms with van der Waals surface area (Å²) in [5, 5.41) is 16.8. The fourth-order valence-corrected chi connectivity index (χ4v) is 0.434. The third kappa shape index (κ3) is 3.61. The Bertz CT molecular complexity index is 82.5. The van der Waals surface area contributed by atoms with Crippen LogP contribution in [0.4, 0.5) is 0 Å². The number of hydrogen-bond acceptors (Lipinski definition) is 1. The lowest BCUT2D eigenvalue weighted by Crippen LogP contribution is -2.15. The van der Waals surface area contributed by atoms with E-state index in [1.165, 1.54) is 0 Å². The van der Waals surface area contributed by atoms with Crippen molar-refractivity contribution in [3.05, 3.63) is 0 Å². The van der Waals surface area contributed by atoms with Crippen molar-refractivity contribution in [1.29, 1.82) is 5.41 Å². The Morgan fingerprint density at radius 1 is 1.88 bits per heavy atom. The topological polar surface area (TPSA) is 69.8 Å². The van der Waals surface area contributed by atoms with Crippen molar-refractivity contribution >= 4 is 5.84 Å². The third-order valence-electron chi connectivity index (χ3n) is 0.853. The SMILES string of the molecule is CC(C[O])CC(=N)N. The van der Waals surface area contributed by atoms with Gasteiger partial charge in [-0.15, -0.1) is 0 Å². The van der Waals surface area contributed by atoms with Crippen LogP contribution >= 0.6 is 0 Å². The van der Waals surface area contributed by atoms with Crippen molar-refractivity contribution in [1.82, 2.24) is 0 Å². The maximum atomic E-state index is 10.0. The van der Waals surface area contributed by atoms with E-state index in [0.717, 1.165) is 0 Å². The summed E-state index contributed by atoms with van der Waals surface area (Å²) in [5.74, 6) is 0.126. The number of nitrogens with two attached hydrogens (primary N) is 1. The molecule has 0 rings (SSSR count). The largest absolute Gasteiger partial charge is 0.388 e. The maximum absolute atomic E-state index is 10.0. The van der Waals surface area contributed by atoms with E-state index < -0.39 is 0 Å². The molecule has 0 aromatic carbocycles. The number of nitrogens with one attached hydrogen (secondary N) is 1. The average Bonchev–Trinajstić information content (AvgIpc) is 1.65. The number of amidine groups is 1. The second kappa shape index (κ2) is 3.43. The Balaban J connectivity index is 3.24. The molecule has 0 saturated heterocycles. The van der Waals surface area contributed by atoms with Gasteiger partial charge in [0.25, 0.3) is 0 Å². The Kier molecular flexibility index (Phi) is 3.19. The first-order valence-corrected chi connectivity index (χ1v) is 2.57. The highest BCUT2D eigenvalue weighted by molar-refractivity contribution is 5.76. The molecule has 0 bridgehead atoms. The quantitative estimate of drug-likeness (QED) is 0.405. The molecule has 0 saturated carbocycles. The molecule has 1 atom stereocenters. The molecule has 0 spiro atoms. The Hall–Kier alpha value is -0.570. The molecule has 0 aromatic rings. The minimum atomic E-state index is -0.139. The maximum Gasteiger partial charge on any atom is 0.0908 e. The zero-order valence-corrected chi connectivity index (χ0v) is 4.98. The van der Waals surface area contributed by atoms with Crippen LogP contribution in [0.3, 0.4) is 0 Å². The summed E-state index contributed by atoms with van der Waals surface area (Å²) in [6, 6.07) is 0. The Morgan fingerprint density at radius 2 is 2.38 bits per heavy atom. The minimum absolute atomic E-state index is 0.0208. The van der Waals surface area contributed by atoms with Crippen LogP contribution in [0.15, 0.2) is 0 Å². The zero-order valence-electron chi connectivity index (χ0n) is 4.98. The molecule has 0 aliphatic carbocycles. The van der Waals surface area contributed by atoms with Gasteiger partial charge in [-0.1, -0.05) is 6.92 Å². The van der Waals surface area contributed by atoms with Gasteiger partial charge in [-0.3, -0.25) is 5.41 Å². The predicted molar refractivity (Wildman–Crippen MR) is 31.2 cm³/mol. The monoisotopic (exact) mass is 115 g/mol. The van der Waals surface area contributed by atoms with Gasteiger partial charge >= 0.3 is 0 Å². The van der Waals surface area contributed by atoms with Crippen molar-refractivity contribution in [3.8, 4) is 0 Å². The molecule has 0 aromatic heterocycles.